The van der Waals surface area contributed by atoms with Crippen molar-refractivity contribution in [3.8, 4) is 0 Å². The van der Waals surface area contributed by atoms with E-state index < -0.39 is 17.1 Å². The Bertz CT molecular complexity index is 399. The molecule has 0 bridgehead atoms. The molecule has 1 unspecified atom stereocenters. The maximum absolute atomic E-state index is 6.24. The average molecular weight is 343 g/mol. The van der Waals surface area contributed by atoms with E-state index >= 15 is 0 Å². The van der Waals surface area contributed by atoms with Crippen LogP contribution < -0.4 is 5.19 Å². The molecule has 6 heteroatoms. The summed E-state index contributed by atoms with van der Waals surface area (Å²) in [5.74, 6) is 0. The highest BCUT2D eigenvalue weighted by atomic mass is 28.4. The Morgan fingerprint density at radius 1 is 0.727 bits per heavy atom. The first-order chi connectivity index (χ1) is 10.6. The van der Waals surface area contributed by atoms with Crippen LogP contribution in [-0.2, 0) is 17.7 Å². The van der Waals surface area contributed by atoms with Crippen molar-refractivity contribution in [2.45, 2.75) is 39.9 Å². The minimum absolute atomic E-state index is 0.595. The zero-order valence-corrected chi connectivity index (χ0v) is 16.6. The van der Waals surface area contributed by atoms with Crippen molar-refractivity contribution in [2.24, 2.45) is 0 Å². The van der Waals surface area contributed by atoms with E-state index in [-0.39, 0.29) is 0 Å². The van der Waals surface area contributed by atoms with E-state index in [2.05, 4.69) is 30.8 Å². The number of hydrogen-bond donors (Lipinski definition) is 0. The fourth-order valence-corrected chi connectivity index (χ4v) is 11.7. The second-order valence-corrected chi connectivity index (χ2v) is 12.2. The van der Waals surface area contributed by atoms with Gasteiger partial charge in [-0.25, -0.2) is 0 Å². The molecule has 0 amide bonds. The summed E-state index contributed by atoms with van der Waals surface area (Å²) in [4.78, 5) is 0. The van der Waals surface area contributed by atoms with Crippen LogP contribution in [-0.4, -0.2) is 43.5 Å². The molecular weight excluding hydrogens is 312 g/mol. The molecule has 0 saturated carbocycles. The van der Waals surface area contributed by atoms with Crippen LogP contribution in [0, 0.1) is 0 Å². The monoisotopic (exact) mass is 342 g/mol. The quantitative estimate of drug-likeness (QED) is 0.579. The van der Waals surface area contributed by atoms with E-state index in [1.807, 2.05) is 33.8 Å². The van der Waals surface area contributed by atoms with Crippen LogP contribution in [0.3, 0.4) is 0 Å². The lowest BCUT2D eigenvalue weighted by Gasteiger charge is -2.36. The Morgan fingerprint density at radius 2 is 1.18 bits per heavy atom. The van der Waals surface area contributed by atoms with Gasteiger partial charge in [0.25, 0.3) is 0 Å². The number of benzene rings is 1. The van der Waals surface area contributed by atoms with E-state index in [4.69, 9.17) is 17.7 Å². The molecule has 1 atom stereocenters. The highest BCUT2D eigenvalue weighted by Crippen LogP contribution is 2.24. The lowest BCUT2D eigenvalue weighted by molar-refractivity contribution is 0.0743. The van der Waals surface area contributed by atoms with Gasteiger partial charge in [0.1, 0.15) is 0 Å². The van der Waals surface area contributed by atoms with Crippen LogP contribution in [0.5, 0.6) is 0 Å². The Labute approximate surface area is 137 Å². The van der Waals surface area contributed by atoms with Gasteiger partial charge in [0.2, 0.25) is 8.32 Å². The highest BCUT2D eigenvalue weighted by Gasteiger charge is 2.50. The highest BCUT2D eigenvalue weighted by molar-refractivity contribution is 6.94. The zero-order chi connectivity index (χ0) is 16.5. The summed E-state index contributed by atoms with van der Waals surface area (Å²) in [5.41, 5.74) is 0.743. The van der Waals surface area contributed by atoms with Crippen LogP contribution in [0.2, 0.25) is 12.2 Å². The number of rotatable bonds is 11. The molecule has 1 rings (SSSR count). The molecule has 1 aromatic rings. The summed E-state index contributed by atoms with van der Waals surface area (Å²) in [6.45, 7) is 12.7. The molecule has 0 N–H and O–H groups in total. The van der Waals surface area contributed by atoms with Crippen molar-refractivity contribution in [3.63, 3.8) is 0 Å². The van der Waals surface area contributed by atoms with Gasteiger partial charge in [0, 0.05) is 32.1 Å². The summed E-state index contributed by atoms with van der Waals surface area (Å²) in [6, 6.07) is 10.4. The molecule has 0 aliphatic heterocycles. The summed E-state index contributed by atoms with van der Waals surface area (Å²) in [6.07, 6.45) is 0. The maximum atomic E-state index is 6.24. The van der Waals surface area contributed by atoms with Crippen molar-refractivity contribution in [1.82, 2.24) is 0 Å². The van der Waals surface area contributed by atoms with Gasteiger partial charge in [-0.1, -0.05) is 30.3 Å². The average Bonchev–Trinajstić information content (AvgIpc) is 2.49. The lowest BCUT2D eigenvalue weighted by Crippen LogP contribution is -2.59. The van der Waals surface area contributed by atoms with Gasteiger partial charge in [-0.15, -0.1) is 0 Å². The molecule has 0 spiro atoms. The minimum atomic E-state index is -2.71. The molecule has 22 heavy (non-hydrogen) atoms. The van der Waals surface area contributed by atoms with E-state index in [0.29, 0.717) is 26.4 Å². The maximum Gasteiger partial charge on any atom is 0.500 e. The second kappa shape index (κ2) is 9.59. The Hall–Kier alpha value is -0.506. The van der Waals surface area contributed by atoms with Gasteiger partial charge in [0.05, 0.1) is 0 Å². The van der Waals surface area contributed by atoms with Crippen LogP contribution in [0.4, 0.5) is 0 Å². The van der Waals surface area contributed by atoms with Crippen LogP contribution >= 0.6 is 0 Å². The molecule has 0 aromatic heterocycles. The molecule has 126 valence electrons. The van der Waals surface area contributed by atoms with E-state index in [1.165, 1.54) is 5.19 Å². The molecule has 4 nitrogen and oxygen atoms in total. The molecule has 0 fully saturated rings. The fourth-order valence-electron chi connectivity index (χ4n) is 2.70. The van der Waals surface area contributed by atoms with Crippen molar-refractivity contribution < 1.29 is 17.7 Å². The summed E-state index contributed by atoms with van der Waals surface area (Å²) < 4.78 is 24.3. The Balaban J connectivity index is 3.12. The van der Waals surface area contributed by atoms with Crippen LogP contribution in [0.25, 0.3) is 0 Å². The van der Waals surface area contributed by atoms with Crippen LogP contribution in [0.15, 0.2) is 30.3 Å². The third-order valence-electron chi connectivity index (χ3n) is 3.49. The molecule has 1 aromatic carbocycles. The van der Waals surface area contributed by atoms with Crippen molar-refractivity contribution in [1.29, 1.82) is 0 Å². The Kier molecular flexibility index (Phi) is 8.52. The molecule has 0 saturated heterocycles. The normalized spacial score (nSPS) is 14.8. The summed E-state index contributed by atoms with van der Waals surface area (Å²) >= 11 is 0. The SMILES string of the molecule is CCO[Si](C[Si](C)(OCC)c1ccccc1)(OCC)OCC. The second-order valence-electron chi connectivity index (χ2n) is 5.19. The molecule has 0 aliphatic carbocycles. The predicted octanol–water partition coefficient (Wildman–Crippen LogP) is 3.09. The molecular formula is C16H30O4Si2. The van der Waals surface area contributed by atoms with Gasteiger partial charge >= 0.3 is 8.80 Å². The smallest absolute Gasteiger partial charge is 0.413 e. The van der Waals surface area contributed by atoms with Gasteiger partial charge < -0.3 is 17.7 Å². The lowest BCUT2D eigenvalue weighted by atomic mass is 10.4. The van der Waals surface area contributed by atoms with Crippen molar-refractivity contribution in [3.05, 3.63) is 30.3 Å². The van der Waals surface area contributed by atoms with Crippen molar-refractivity contribution >= 4 is 22.3 Å². The third kappa shape index (κ3) is 5.29. The van der Waals surface area contributed by atoms with E-state index in [1.54, 1.807) is 0 Å². The van der Waals surface area contributed by atoms with Gasteiger partial charge in [-0.3, -0.25) is 0 Å². The van der Waals surface area contributed by atoms with Gasteiger partial charge in [0.15, 0.2) is 0 Å². The van der Waals surface area contributed by atoms with Crippen molar-refractivity contribution in [2.75, 3.05) is 26.4 Å². The van der Waals surface area contributed by atoms with Gasteiger partial charge in [-0.05, 0) is 39.4 Å². The Morgan fingerprint density at radius 3 is 1.59 bits per heavy atom. The zero-order valence-electron chi connectivity index (χ0n) is 14.6. The molecule has 0 aliphatic rings. The van der Waals surface area contributed by atoms with E-state index in [0.717, 1.165) is 5.67 Å². The third-order valence-corrected chi connectivity index (χ3v) is 12.6. The first-order valence-corrected chi connectivity index (χ1v) is 12.7. The minimum Gasteiger partial charge on any atom is -0.413 e. The first kappa shape index (κ1) is 19.5. The largest absolute Gasteiger partial charge is 0.500 e. The fraction of sp³-hybridized carbons (Fsp3) is 0.625. The predicted molar refractivity (Wildman–Crippen MR) is 94.8 cm³/mol. The molecule has 0 radical (unpaired) electrons. The topological polar surface area (TPSA) is 36.9 Å². The number of hydrogen-bond acceptors (Lipinski definition) is 4. The summed E-state index contributed by atoms with van der Waals surface area (Å²) in [5, 5.41) is 1.26. The summed E-state index contributed by atoms with van der Waals surface area (Å²) in [7, 11) is -4.90. The van der Waals surface area contributed by atoms with Crippen LogP contribution in [0.1, 0.15) is 27.7 Å². The first-order valence-electron chi connectivity index (χ1n) is 8.17. The van der Waals surface area contributed by atoms with Gasteiger partial charge in [-0.2, -0.15) is 0 Å². The van der Waals surface area contributed by atoms with E-state index in [9.17, 15) is 0 Å². The standard InChI is InChI=1S/C16H30O4Si2/c1-6-17-21(5,16-13-11-10-12-14-16)15-22(18-7-2,19-8-3)20-9-4/h10-14H,6-9,15H2,1-5H3. The molecule has 0 heterocycles.